The van der Waals surface area contributed by atoms with Crippen LogP contribution in [0.3, 0.4) is 0 Å². The summed E-state index contributed by atoms with van der Waals surface area (Å²) in [4.78, 5) is 12.9. The molecule has 0 fully saturated rings. The molecule has 1 N–H and O–H groups in total. The summed E-state index contributed by atoms with van der Waals surface area (Å²) in [5.74, 6) is 0.843. The lowest BCUT2D eigenvalue weighted by Crippen LogP contribution is -2.29. The SMILES string of the molecule is Cc1cccc(CSc2nnc(C(C)NC(=O)c3ccc(Cl)cc3Cl)n2-c2ccc(Cl)cc2Cl)c1. The van der Waals surface area contributed by atoms with Gasteiger partial charge in [0.05, 0.1) is 27.3 Å². The molecule has 1 atom stereocenters. The van der Waals surface area contributed by atoms with Gasteiger partial charge in [0, 0.05) is 15.8 Å². The standard InChI is InChI=1S/C25H20Cl4N4OS/c1-14-4-3-5-16(10-14)13-35-25-32-31-23(33(25)22-9-7-18(27)12-21(22)29)15(2)30-24(34)19-8-6-17(26)11-20(19)28/h3-12,15H,13H2,1-2H3,(H,30,34). The van der Waals surface area contributed by atoms with E-state index in [-0.39, 0.29) is 10.9 Å². The monoisotopic (exact) mass is 564 g/mol. The highest BCUT2D eigenvalue weighted by molar-refractivity contribution is 7.98. The summed E-state index contributed by atoms with van der Waals surface area (Å²) >= 11 is 26.4. The summed E-state index contributed by atoms with van der Waals surface area (Å²) in [6, 6.07) is 17.7. The maximum atomic E-state index is 12.9. The number of aromatic nitrogens is 3. The first-order chi connectivity index (χ1) is 16.7. The Labute approximate surface area is 227 Å². The van der Waals surface area contributed by atoms with Crippen molar-refractivity contribution in [3.63, 3.8) is 0 Å². The van der Waals surface area contributed by atoms with E-state index in [0.29, 0.717) is 43.1 Å². The smallest absolute Gasteiger partial charge is 0.253 e. The quantitative estimate of drug-likeness (QED) is 0.231. The Morgan fingerprint density at radius 3 is 2.37 bits per heavy atom. The van der Waals surface area contributed by atoms with Gasteiger partial charge in [-0.2, -0.15) is 0 Å². The van der Waals surface area contributed by atoms with Gasteiger partial charge >= 0.3 is 0 Å². The molecule has 0 saturated heterocycles. The van der Waals surface area contributed by atoms with Crippen molar-refractivity contribution < 1.29 is 4.79 Å². The Hall–Kier alpha value is -2.22. The van der Waals surface area contributed by atoms with Crippen molar-refractivity contribution >= 4 is 64.1 Å². The maximum Gasteiger partial charge on any atom is 0.253 e. The first kappa shape index (κ1) is 25.9. The number of carbonyl (C=O) groups excluding carboxylic acids is 1. The highest BCUT2D eigenvalue weighted by Crippen LogP contribution is 2.32. The van der Waals surface area contributed by atoms with Crippen molar-refractivity contribution in [3.8, 4) is 5.69 Å². The van der Waals surface area contributed by atoms with E-state index < -0.39 is 6.04 Å². The van der Waals surface area contributed by atoms with E-state index in [9.17, 15) is 4.79 Å². The molecule has 35 heavy (non-hydrogen) atoms. The lowest BCUT2D eigenvalue weighted by molar-refractivity contribution is 0.0938. The fourth-order valence-corrected chi connectivity index (χ4v) is 5.39. The minimum absolute atomic E-state index is 0.263. The van der Waals surface area contributed by atoms with Crippen LogP contribution in [0.2, 0.25) is 20.1 Å². The molecule has 0 saturated carbocycles. The molecule has 10 heteroatoms. The van der Waals surface area contributed by atoms with Crippen LogP contribution in [0.25, 0.3) is 5.69 Å². The molecule has 0 aliphatic rings. The fraction of sp³-hybridized carbons (Fsp3) is 0.160. The van der Waals surface area contributed by atoms with Crippen molar-refractivity contribution in [1.29, 1.82) is 0 Å². The third-order valence-corrected chi connectivity index (χ3v) is 7.26. The molecule has 0 radical (unpaired) electrons. The van der Waals surface area contributed by atoms with Crippen LogP contribution in [-0.4, -0.2) is 20.7 Å². The normalized spacial score (nSPS) is 11.9. The number of hydrogen-bond donors (Lipinski definition) is 1. The Morgan fingerprint density at radius 1 is 0.971 bits per heavy atom. The molecule has 0 aliphatic heterocycles. The lowest BCUT2D eigenvalue weighted by Gasteiger charge is -2.17. The summed E-state index contributed by atoms with van der Waals surface area (Å²) < 4.78 is 1.84. The number of thioether (sulfide) groups is 1. The number of carbonyl (C=O) groups is 1. The molecule has 5 nitrogen and oxygen atoms in total. The van der Waals surface area contributed by atoms with Gasteiger partial charge in [0.15, 0.2) is 11.0 Å². The second-order valence-corrected chi connectivity index (χ2v) is 10.5. The van der Waals surface area contributed by atoms with Crippen LogP contribution < -0.4 is 5.32 Å². The molecule has 0 spiro atoms. The van der Waals surface area contributed by atoms with E-state index in [4.69, 9.17) is 46.4 Å². The molecule has 0 bridgehead atoms. The summed E-state index contributed by atoms with van der Waals surface area (Å²) in [5.41, 5.74) is 3.32. The maximum absolute atomic E-state index is 12.9. The highest BCUT2D eigenvalue weighted by Gasteiger charge is 2.23. The molecule has 0 aliphatic carbocycles. The Bertz CT molecular complexity index is 1390. The number of amides is 1. The van der Waals surface area contributed by atoms with Crippen LogP contribution in [0, 0.1) is 6.92 Å². The first-order valence-corrected chi connectivity index (χ1v) is 13.1. The van der Waals surface area contributed by atoms with Crippen LogP contribution in [0.4, 0.5) is 0 Å². The largest absolute Gasteiger partial charge is 0.342 e. The number of hydrogen-bond acceptors (Lipinski definition) is 4. The third kappa shape index (κ3) is 6.13. The van der Waals surface area contributed by atoms with E-state index in [0.717, 1.165) is 5.56 Å². The van der Waals surface area contributed by atoms with Gasteiger partial charge < -0.3 is 5.32 Å². The Morgan fingerprint density at radius 2 is 1.69 bits per heavy atom. The van der Waals surface area contributed by atoms with Crippen molar-refractivity contribution in [1.82, 2.24) is 20.1 Å². The van der Waals surface area contributed by atoms with E-state index in [1.165, 1.54) is 23.4 Å². The average molecular weight is 566 g/mol. The van der Waals surface area contributed by atoms with Crippen LogP contribution in [0.1, 0.15) is 40.3 Å². The van der Waals surface area contributed by atoms with E-state index >= 15 is 0 Å². The second-order valence-electron chi connectivity index (χ2n) is 7.87. The zero-order chi connectivity index (χ0) is 25.1. The summed E-state index contributed by atoms with van der Waals surface area (Å²) in [5, 5.41) is 14.1. The summed E-state index contributed by atoms with van der Waals surface area (Å²) in [6.07, 6.45) is 0. The zero-order valence-electron chi connectivity index (χ0n) is 18.7. The number of nitrogens with zero attached hydrogens (tertiary/aromatic N) is 3. The molecular weight excluding hydrogens is 546 g/mol. The van der Waals surface area contributed by atoms with Gasteiger partial charge in [0.2, 0.25) is 0 Å². The van der Waals surface area contributed by atoms with Gasteiger partial charge in [-0.05, 0) is 55.8 Å². The minimum Gasteiger partial charge on any atom is -0.342 e. The molecule has 4 aromatic rings. The first-order valence-electron chi connectivity index (χ1n) is 10.6. The van der Waals surface area contributed by atoms with Crippen molar-refractivity contribution in [2.75, 3.05) is 0 Å². The van der Waals surface area contributed by atoms with Gasteiger partial charge in [-0.1, -0.05) is 88.0 Å². The zero-order valence-corrected chi connectivity index (χ0v) is 22.6. The molecular formula is C25H20Cl4N4OS. The number of nitrogens with one attached hydrogen (secondary N) is 1. The van der Waals surface area contributed by atoms with Gasteiger partial charge in [-0.3, -0.25) is 9.36 Å². The third-order valence-electron chi connectivity index (χ3n) is 5.17. The van der Waals surface area contributed by atoms with E-state index in [2.05, 4.69) is 40.6 Å². The molecule has 1 unspecified atom stereocenters. The Balaban J connectivity index is 1.67. The number of benzene rings is 3. The van der Waals surface area contributed by atoms with Crippen molar-refractivity contribution in [3.05, 3.63) is 103 Å². The molecule has 1 amide bonds. The fourth-order valence-electron chi connectivity index (χ4n) is 3.51. The number of rotatable bonds is 7. The minimum atomic E-state index is -0.512. The molecule has 3 aromatic carbocycles. The average Bonchev–Trinajstić information content (AvgIpc) is 3.21. The van der Waals surface area contributed by atoms with Gasteiger partial charge in [-0.15, -0.1) is 10.2 Å². The molecule has 1 heterocycles. The van der Waals surface area contributed by atoms with Crippen LogP contribution >= 0.6 is 58.2 Å². The van der Waals surface area contributed by atoms with E-state index in [1.54, 1.807) is 30.3 Å². The topological polar surface area (TPSA) is 59.8 Å². The van der Waals surface area contributed by atoms with Crippen LogP contribution in [-0.2, 0) is 5.75 Å². The number of halogens is 4. The molecule has 1 aromatic heterocycles. The Kier molecular flexibility index (Phi) is 8.30. The molecule has 4 rings (SSSR count). The van der Waals surface area contributed by atoms with E-state index in [1.807, 2.05) is 17.6 Å². The number of aryl methyl sites for hydroxylation is 1. The predicted octanol–water partition coefficient (Wildman–Crippen LogP) is 7.97. The summed E-state index contributed by atoms with van der Waals surface area (Å²) in [7, 11) is 0. The van der Waals surface area contributed by atoms with Gasteiger partial charge in [0.25, 0.3) is 5.91 Å². The summed E-state index contributed by atoms with van der Waals surface area (Å²) in [6.45, 7) is 3.88. The van der Waals surface area contributed by atoms with Gasteiger partial charge in [0.1, 0.15) is 0 Å². The van der Waals surface area contributed by atoms with Crippen molar-refractivity contribution in [2.45, 2.75) is 30.8 Å². The van der Waals surface area contributed by atoms with Crippen LogP contribution in [0.15, 0.2) is 65.8 Å². The lowest BCUT2D eigenvalue weighted by atomic mass is 10.2. The van der Waals surface area contributed by atoms with Crippen LogP contribution in [0.5, 0.6) is 0 Å². The predicted molar refractivity (Wildman–Crippen MR) is 144 cm³/mol. The molecule has 180 valence electrons. The van der Waals surface area contributed by atoms with Crippen molar-refractivity contribution in [2.24, 2.45) is 0 Å². The second kappa shape index (κ2) is 11.2. The highest BCUT2D eigenvalue weighted by atomic mass is 35.5. The van der Waals surface area contributed by atoms with Gasteiger partial charge in [-0.25, -0.2) is 0 Å².